The molecule has 1 aromatic carbocycles. The highest BCUT2D eigenvalue weighted by molar-refractivity contribution is 7.89. The monoisotopic (exact) mass is 300 g/mol. The fourth-order valence-corrected chi connectivity index (χ4v) is 4.48. The van der Waals surface area contributed by atoms with Crippen LogP contribution < -0.4 is 5.73 Å². The Hall–Kier alpha value is -0.980. The lowest BCUT2D eigenvalue weighted by Crippen LogP contribution is -2.39. The van der Waals surface area contributed by atoms with Crippen LogP contribution in [-0.4, -0.2) is 25.8 Å². The Bertz CT molecular complexity index is 601. The van der Waals surface area contributed by atoms with Crippen molar-refractivity contribution in [1.29, 1.82) is 0 Å². The average Bonchev–Trinajstić information content (AvgIpc) is 2.41. The molecule has 1 unspecified atom stereocenters. The molecule has 112 valence electrons. The first-order valence-corrected chi connectivity index (χ1v) is 8.29. The maximum atomic E-state index is 13.9. The van der Waals surface area contributed by atoms with E-state index >= 15 is 0 Å². The van der Waals surface area contributed by atoms with Crippen molar-refractivity contribution < 1.29 is 12.8 Å². The lowest BCUT2D eigenvalue weighted by Gasteiger charge is -2.30. The minimum Gasteiger partial charge on any atom is -0.326 e. The van der Waals surface area contributed by atoms with E-state index in [0.717, 1.165) is 12.8 Å². The summed E-state index contributed by atoms with van der Waals surface area (Å²) in [4.78, 5) is 0.0482. The number of halogens is 1. The molecule has 1 heterocycles. The Balaban J connectivity index is 2.46. The summed E-state index contributed by atoms with van der Waals surface area (Å²) in [6.07, 6.45) is 1.88. The van der Waals surface area contributed by atoms with Crippen LogP contribution in [0.3, 0.4) is 0 Å². The van der Waals surface area contributed by atoms with Gasteiger partial charge >= 0.3 is 0 Å². The molecule has 0 radical (unpaired) electrons. The molecule has 4 nitrogen and oxygen atoms in total. The molecule has 1 aliphatic rings. The molecule has 0 bridgehead atoms. The van der Waals surface area contributed by atoms with Crippen LogP contribution in [0.2, 0.25) is 0 Å². The van der Waals surface area contributed by atoms with Crippen molar-refractivity contribution in [2.45, 2.75) is 38.1 Å². The lowest BCUT2D eigenvalue weighted by atomic mass is 10.0. The van der Waals surface area contributed by atoms with Crippen LogP contribution in [0.5, 0.6) is 0 Å². The molecule has 2 N–H and O–H groups in total. The van der Waals surface area contributed by atoms with Gasteiger partial charge in [0.2, 0.25) is 10.0 Å². The normalized spacial score (nSPS) is 21.1. The molecular formula is C14H21FN2O2S. The van der Waals surface area contributed by atoms with E-state index < -0.39 is 15.8 Å². The zero-order valence-corrected chi connectivity index (χ0v) is 12.7. The molecule has 0 saturated carbocycles. The van der Waals surface area contributed by atoms with E-state index in [4.69, 9.17) is 5.73 Å². The van der Waals surface area contributed by atoms with Crippen LogP contribution in [-0.2, 0) is 16.6 Å². The highest BCUT2D eigenvalue weighted by Crippen LogP contribution is 2.27. The average molecular weight is 300 g/mol. The van der Waals surface area contributed by atoms with Gasteiger partial charge in [0.05, 0.1) is 4.90 Å². The molecule has 20 heavy (non-hydrogen) atoms. The van der Waals surface area contributed by atoms with Gasteiger partial charge in [0.25, 0.3) is 0 Å². The summed E-state index contributed by atoms with van der Waals surface area (Å²) < 4.78 is 40.7. The third-order valence-corrected chi connectivity index (χ3v) is 5.82. The van der Waals surface area contributed by atoms with Gasteiger partial charge in [0.1, 0.15) is 5.82 Å². The van der Waals surface area contributed by atoms with Crippen LogP contribution in [0.25, 0.3) is 0 Å². The second-order valence-electron chi connectivity index (χ2n) is 5.52. The number of hydrogen-bond donors (Lipinski definition) is 1. The highest BCUT2D eigenvalue weighted by atomic mass is 32.2. The summed E-state index contributed by atoms with van der Waals surface area (Å²) in [5.74, 6) is -0.182. The third kappa shape index (κ3) is 2.87. The molecule has 1 saturated heterocycles. The number of nitrogens with two attached hydrogens (primary N) is 1. The topological polar surface area (TPSA) is 63.4 Å². The highest BCUT2D eigenvalue weighted by Gasteiger charge is 2.30. The Morgan fingerprint density at radius 2 is 2.15 bits per heavy atom. The molecule has 1 aromatic rings. The predicted molar refractivity (Wildman–Crippen MR) is 76.2 cm³/mol. The zero-order chi connectivity index (χ0) is 14.9. The van der Waals surface area contributed by atoms with E-state index in [-0.39, 0.29) is 17.0 Å². The second-order valence-corrected chi connectivity index (χ2v) is 7.42. The van der Waals surface area contributed by atoms with Crippen LogP contribution >= 0.6 is 0 Å². The van der Waals surface area contributed by atoms with Gasteiger partial charge in [-0.25, -0.2) is 12.8 Å². The van der Waals surface area contributed by atoms with Crippen LogP contribution in [0.4, 0.5) is 4.39 Å². The number of hydrogen-bond acceptors (Lipinski definition) is 3. The second kappa shape index (κ2) is 5.79. The Labute approximate surface area is 119 Å². The number of piperidine rings is 1. The molecule has 0 aromatic heterocycles. The molecule has 0 amide bonds. The van der Waals surface area contributed by atoms with E-state index in [1.165, 1.54) is 23.4 Å². The number of benzene rings is 1. The first-order chi connectivity index (χ1) is 9.36. The van der Waals surface area contributed by atoms with Crippen molar-refractivity contribution >= 4 is 10.0 Å². The Kier molecular flexibility index (Phi) is 4.46. The molecular weight excluding hydrogens is 279 g/mol. The van der Waals surface area contributed by atoms with E-state index in [2.05, 4.69) is 0 Å². The SMILES string of the molecule is Cc1c(F)cc(CN)cc1S(=O)(=O)N1CCCC(C)C1. The molecule has 0 spiro atoms. The van der Waals surface area contributed by atoms with Gasteiger partial charge in [-0.2, -0.15) is 4.31 Å². The zero-order valence-electron chi connectivity index (χ0n) is 11.9. The van der Waals surface area contributed by atoms with Gasteiger partial charge in [-0.15, -0.1) is 0 Å². The van der Waals surface area contributed by atoms with Gasteiger partial charge in [-0.3, -0.25) is 0 Å². The van der Waals surface area contributed by atoms with Crippen molar-refractivity contribution in [3.63, 3.8) is 0 Å². The van der Waals surface area contributed by atoms with Crippen molar-refractivity contribution in [2.24, 2.45) is 11.7 Å². The summed E-state index contributed by atoms with van der Waals surface area (Å²) in [7, 11) is -3.64. The first-order valence-electron chi connectivity index (χ1n) is 6.85. The van der Waals surface area contributed by atoms with Crippen LogP contribution in [0.1, 0.15) is 30.9 Å². The Morgan fingerprint density at radius 1 is 1.45 bits per heavy atom. The molecule has 0 aliphatic carbocycles. The summed E-state index contributed by atoms with van der Waals surface area (Å²) in [6.45, 7) is 4.65. The predicted octanol–water partition coefficient (Wildman–Crippen LogP) is 2.01. The molecule has 2 rings (SSSR count). The molecule has 1 atom stereocenters. The molecule has 1 aliphatic heterocycles. The lowest BCUT2D eigenvalue weighted by molar-refractivity contribution is 0.281. The van der Waals surface area contributed by atoms with Gasteiger partial charge in [0, 0.05) is 25.2 Å². The van der Waals surface area contributed by atoms with E-state index in [9.17, 15) is 12.8 Å². The quantitative estimate of drug-likeness (QED) is 0.929. The van der Waals surface area contributed by atoms with Crippen molar-refractivity contribution in [2.75, 3.05) is 13.1 Å². The fourth-order valence-electron chi connectivity index (χ4n) is 2.60. The third-order valence-electron chi connectivity index (χ3n) is 3.83. The molecule has 1 fully saturated rings. The van der Waals surface area contributed by atoms with Crippen molar-refractivity contribution in [3.8, 4) is 0 Å². The van der Waals surface area contributed by atoms with Crippen LogP contribution in [0.15, 0.2) is 17.0 Å². The van der Waals surface area contributed by atoms with Gasteiger partial charge in [-0.1, -0.05) is 6.92 Å². The maximum Gasteiger partial charge on any atom is 0.243 e. The maximum absolute atomic E-state index is 13.9. The number of nitrogens with zero attached hydrogens (tertiary/aromatic N) is 1. The smallest absolute Gasteiger partial charge is 0.243 e. The standard InChI is InChI=1S/C14H21FN2O2S/c1-10-4-3-5-17(9-10)20(18,19)14-7-12(8-16)6-13(15)11(14)2/h6-7,10H,3-5,8-9,16H2,1-2H3. The van der Waals surface area contributed by atoms with E-state index in [1.807, 2.05) is 6.92 Å². The fraction of sp³-hybridized carbons (Fsp3) is 0.571. The van der Waals surface area contributed by atoms with Gasteiger partial charge in [0.15, 0.2) is 0 Å². The van der Waals surface area contributed by atoms with Crippen molar-refractivity contribution in [3.05, 3.63) is 29.1 Å². The van der Waals surface area contributed by atoms with Crippen molar-refractivity contribution in [1.82, 2.24) is 4.31 Å². The van der Waals surface area contributed by atoms with E-state index in [1.54, 1.807) is 0 Å². The first kappa shape index (κ1) is 15.4. The minimum absolute atomic E-state index is 0.0482. The van der Waals surface area contributed by atoms with Crippen LogP contribution in [0, 0.1) is 18.7 Å². The summed E-state index contributed by atoms with van der Waals surface area (Å²) in [5.41, 5.74) is 6.17. The largest absolute Gasteiger partial charge is 0.326 e. The van der Waals surface area contributed by atoms with Gasteiger partial charge in [-0.05, 0) is 43.4 Å². The molecule has 6 heteroatoms. The summed E-state index contributed by atoms with van der Waals surface area (Å²) in [6, 6.07) is 2.79. The van der Waals surface area contributed by atoms with Gasteiger partial charge < -0.3 is 5.73 Å². The summed E-state index contributed by atoms with van der Waals surface area (Å²) >= 11 is 0. The number of sulfonamides is 1. The number of rotatable bonds is 3. The van der Waals surface area contributed by atoms with E-state index in [0.29, 0.717) is 24.6 Å². The summed E-state index contributed by atoms with van der Waals surface area (Å²) in [5, 5.41) is 0. The minimum atomic E-state index is -3.64. The Morgan fingerprint density at radius 3 is 2.75 bits per heavy atom.